The Morgan fingerprint density at radius 3 is 2.16 bits per heavy atom. The van der Waals surface area contributed by atoms with Crippen molar-refractivity contribution in [1.82, 2.24) is 9.55 Å². The van der Waals surface area contributed by atoms with Crippen LogP contribution in [-0.2, 0) is 36.6 Å². The zero-order valence-corrected chi connectivity index (χ0v) is 35.8. The third kappa shape index (κ3) is 6.19. The molecule has 0 fully saturated rings. The summed E-state index contributed by atoms with van der Waals surface area (Å²) in [6, 6.07) is 57.0. The van der Waals surface area contributed by atoms with E-state index in [4.69, 9.17) is 14.7 Å². The van der Waals surface area contributed by atoms with Crippen molar-refractivity contribution in [3.8, 4) is 5.82 Å². The molecule has 0 saturated carbocycles. The molecule has 2 aromatic heterocycles. The number of fused-ring (bicyclic) bond motifs is 5. The van der Waals surface area contributed by atoms with Gasteiger partial charge < -0.3 is 14.2 Å². The number of para-hydroxylation sites is 2. The Morgan fingerprint density at radius 2 is 1.40 bits per heavy atom. The molecule has 0 N–H and O–H groups in total. The summed E-state index contributed by atoms with van der Waals surface area (Å²) >= 11 is 0. The summed E-state index contributed by atoms with van der Waals surface area (Å²) in [5.74, 6) is 1.48. The standard InChI is InChI=1S/C52H44N4O.Pt/c1-33-27-36(50-54-48(34-17-9-7-10-18-34)49(57-50)35-19-11-8-12-20-35)29-38(28-33)55-44-24-16-14-22-41(44)52(5,6)42-31-40-39-21-13-15-23-43(39)56(45(40)32-46(42)55)47-30-37(25-26-53-47)51(2,3)4;/h7-28,30-31,48-49H,1-6H3;/q-2;+2/t48-,49-;/m1./s1. The van der Waals surface area contributed by atoms with Gasteiger partial charge in [-0.1, -0.05) is 155 Å². The number of pyridine rings is 1. The molecule has 0 unspecified atom stereocenters. The minimum Gasteiger partial charge on any atom is -0.510 e. The molecule has 0 amide bonds. The Balaban J connectivity index is 0.00000436. The molecular formula is C52H44N4OPt. The van der Waals surface area contributed by atoms with Crippen LogP contribution in [0.2, 0.25) is 0 Å². The van der Waals surface area contributed by atoms with Crippen LogP contribution in [0.4, 0.5) is 17.1 Å². The second-order valence-corrected chi connectivity index (χ2v) is 17.0. The van der Waals surface area contributed by atoms with Gasteiger partial charge in [0.1, 0.15) is 23.9 Å². The average molecular weight is 936 g/mol. The van der Waals surface area contributed by atoms with Gasteiger partial charge in [-0.05, 0) is 68.4 Å². The first-order valence-corrected chi connectivity index (χ1v) is 19.8. The number of aryl methyl sites for hydroxylation is 1. The Bertz CT molecular complexity index is 2870. The van der Waals surface area contributed by atoms with E-state index >= 15 is 0 Å². The van der Waals surface area contributed by atoms with Crippen LogP contribution in [0.5, 0.6) is 0 Å². The SMILES string of the molecule is Cc1cc(C2=N[C@H](c3ccccc3)[C@@H](c3ccccc3)O2)[c-]c(N2c3[c-]c4c(cc3C(C)(C)c3ccccc32)c2ccccc2n4-c2cc(C(C)(C)C)ccn2)c1.[Pt+2]. The van der Waals surface area contributed by atoms with Crippen molar-refractivity contribution < 1.29 is 25.8 Å². The fraction of sp³-hybridized carbons (Fsp3) is 0.192. The molecule has 2 atom stereocenters. The van der Waals surface area contributed by atoms with Crippen molar-refractivity contribution in [1.29, 1.82) is 0 Å². The van der Waals surface area contributed by atoms with E-state index in [0.29, 0.717) is 5.90 Å². The number of aliphatic imine (C=N–C) groups is 1. The van der Waals surface area contributed by atoms with E-state index in [0.717, 1.165) is 61.6 Å². The smallest absolute Gasteiger partial charge is 0.510 e. The van der Waals surface area contributed by atoms with E-state index in [1.165, 1.54) is 22.1 Å². The number of aromatic nitrogens is 2. The summed E-state index contributed by atoms with van der Waals surface area (Å²) in [5.41, 5.74) is 12.6. The van der Waals surface area contributed by atoms with Gasteiger partial charge in [0.05, 0.1) is 0 Å². The van der Waals surface area contributed by atoms with Crippen LogP contribution in [0.3, 0.4) is 0 Å². The molecule has 0 bridgehead atoms. The maximum absolute atomic E-state index is 6.84. The van der Waals surface area contributed by atoms with Crippen LogP contribution in [-0.4, -0.2) is 15.4 Å². The summed E-state index contributed by atoms with van der Waals surface area (Å²) < 4.78 is 9.13. The number of anilines is 3. The molecule has 6 heteroatoms. The third-order valence-electron chi connectivity index (χ3n) is 11.8. The Labute approximate surface area is 355 Å². The largest absolute Gasteiger partial charge is 2.00 e. The van der Waals surface area contributed by atoms with Crippen molar-refractivity contribution in [2.24, 2.45) is 4.99 Å². The molecule has 10 rings (SSSR count). The van der Waals surface area contributed by atoms with Crippen LogP contribution in [0.1, 0.15) is 85.7 Å². The minimum atomic E-state index is -0.308. The maximum Gasteiger partial charge on any atom is 2.00 e. The van der Waals surface area contributed by atoms with Crippen molar-refractivity contribution >= 4 is 44.8 Å². The fourth-order valence-electron chi connectivity index (χ4n) is 8.80. The van der Waals surface area contributed by atoms with Gasteiger partial charge in [0.2, 0.25) is 0 Å². The van der Waals surface area contributed by atoms with Crippen LogP contribution >= 0.6 is 0 Å². The van der Waals surface area contributed by atoms with Crippen LogP contribution in [0.15, 0.2) is 151 Å². The molecule has 5 nitrogen and oxygen atoms in total. The number of hydrogen-bond acceptors (Lipinski definition) is 4. The van der Waals surface area contributed by atoms with Gasteiger partial charge in [-0.3, -0.25) is 4.99 Å². The van der Waals surface area contributed by atoms with E-state index in [2.05, 4.69) is 191 Å². The van der Waals surface area contributed by atoms with E-state index in [1.807, 2.05) is 18.3 Å². The molecule has 0 radical (unpaired) electrons. The van der Waals surface area contributed by atoms with Gasteiger partial charge in [-0.15, -0.1) is 40.8 Å². The number of ether oxygens (including phenoxy) is 1. The molecule has 288 valence electrons. The van der Waals surface area contributed by atoms with Crippen LogP contribution < -0.4 is 4.90 Å². The molecule has 4 heterocycles. The molecule has 2 aliphatic rings. The molecule has 6 aromatic carbocycles. The second kappa shape index (κ2) is 14.3. The first-order valence-electron chi connectivity index (χ1n) is 19.8. The summed E-state index contributed by atoms with van der Waals surface area (Å²) in [6.45, 7) is 13.5. The molecule has 0 aliphatic carbocycles. The first kappa shape index (κ1) is 37.8. The number of nitrogens with zero attached hydrogens (tertiary/aromatic N) is 4. The molecular weight excluding hydrogens is 892 g/mol. The molecule has 58 heavy (non-hydrogen) atoms. The van der Waals surface area contributed by atoms with Gasteiger partial charge in [-0.2, -0.15) is 6.07 Å². The zero-order chi connectivity index (χ0) is 39.1. The molecule has 8 aromatic rings. The predicted molar refractivity (Wildman–Crippen MR) is 232 cm³/mol. The summed E-state index contributed by atoms with van der Waals surface area (Å²) in [5, 5.41) is 2.33. The molecule has 0 saturated heterocycles. The van der Waals surface area contributed by atoms with Crippen molar-refractivity contribution in [3.05, 3.63) is 197 Å². The van der Waals surface area contributed by atoms with E-state index in [1.54, 1.807) is 0 Å². The second-order valence-electron chi connectivity index (χ2n) is 17.0. The number of rotatable bonds is 5. The molecule has 0 spiro atoms. The van der Waals surface area contributed by atoms with Gasteiger partial charge in [0.15, 0.2) is 0 Å². The van der Waals surface area contributed by atoms with Crippen molar-refractivity contribution in [2.45, 2.75) is 64.5 Å². The first-order chi connectivity index (χ1) is 27.6. The Morgan fingerprint density at radius 1 is 0.707 bits per heavy atom. The molecule has 2 aliphatic heterocycles. The van der Waals surface area contributed by atoms with Crippen molar-refractivity contribution in [3.63, 3.8) is 0 Å². The Kier molecular flexibility index (Phi) is 9.28. The number of hydrogen-bond donors (Lipinski definition) is 0. The third-order valence-corrected chi connectivity index (χ3v) is 11.8. The van der Waals surface area contributed by atoms with Crippen molar-refractivity contribution in [2.75, 3.05) is 4.90 Å². The van der Waals surface area contributed by atoms with Crippen LogP contribution in [0, 0.1) is 19.1 Å². The maximum atomic E-state index is 6.84. The minimum absolute atomic E-state index is 0. The summed E-state index contributed by atoms with van der Waals surface area (Å²) in [6.07, 6.45) is 1.68. The topological polar surface area (TPSA) is 42.6 Å². The normalized spacial score (nSPS) is 17.0. The van der Waals surface area contributed by atoms with E-state index in [9.17, 15) is 0 Å². The Hall–Kier alpha value is -5.77. The van der Waals surface area contributed by atoms with Gasteiger partial charge in [0, 0.05) is 17.4 Å². The van der Waals surface area contributed by atoms with Gasteiger partial charge in [-0.25, -0.2) is 4.98 Å². The quantitative estimate of drug-likeness (QED) is 0.162. The van der Waals surface area contributed by atoms with E-state index in [-0.39, 0.29) is 44.0 Å². The average Bonchev–Trinajstić information content (AvgIpc) is 3.81. The van der Waals surface area contributed by atoms with Crippen LogP contribution in [0.25, 0.3) is 27.6 Å². The predicted octanol–water partition coefficient (Wildman–Crippen LogP) is 12.8. The zero-order valence-electron chi connectivity index (χ0n) is 33.5. The fourth-order valence-corrected chi connectivity index (χ4v) is 8.80. The monoisotopic (exact) mass is 935 g/mol. The summed E-state index contributed by atoms with van der Waals surface area (Å²) in [7, 11) is 0. The van der Waals surface area contributed by atoms with Gasteiger partial charge in [0.25, 0.3) is 0 Å². The summed E-state index contributed by atoms with van der Waals surface area (Å²) in [4.78, 5) is 12.6. The van der Waals surface area contributed by atoms with E-state index < -0.39 is 0 Å². The van der Waals surface area contributed by atoms with Gasteiger partial charge >= 0.3 is 21.1 Å². The number of benzene rings is 6.